The van der Waals surface area contributed by atoms with E-state index in [9.17, 15) is 0 Å². The van der Waals surface area contributed by atoms with Crippen molar-refractivity contribution < 1.29 is 23.5 Å². The van der Waals surface area contributed by atoms with Crippen molar-refractivity contribution in [2.75, 3.05) is 38.7 Å². The lowest BCUT2D eigenvalue weighted by Crippen LogP contribution is -2.54. The summed E-state index contributed by atoms with van der Waals surface area (Å²) in [4.78, 5) is 20.0. The Morgan fingerprint density at radius 1 is 0.920 bits per heavy atom. The quantitative estimate of drug-likeness (QED) is 0.0723. The number of unbranched alkanes of at least 4 members (excludes halogenated alkanes) is 13. The van der Waals surface area contributed by atoms with Gasteiger partial charge in [-0.05, 0) is 37.4 Å². The summed E-state index contributed by atoms with van der Waals surface area (Å²) in [6, 6.07) is 0.328. The lowest BCUT2D eigenvalue weighted by Gasteiger charge is -2.41. The van der Waals surface area contributed by atoms with Crippen molar-refractivity contribution >= 4 is 25.3 Å². The molecule has 3 fully saturated rings. The number of hydroxylamine groups is 2. The summed E-state index contributed by atoms with van der Waals surface area (Å²) in [5.41, 5.74) is 6.56. The number of imidazole rings is 1. The third kappa shape index (κ3) is 9.84. The van der Waals surface area contributed by atoms with Crippen LogP contribution in [0.5, 0.6) is 0 Å². The van der Waals surface area contributed by atoms with Gasteiger partial charge < -0.3 is 24.4 Å². The highest BCUT2D eigenvalue weighted by Crippen LogP contribution is 2.50. The van der Waals surface area contributed by atoms with Crippen LogP contribution in [0, 0.1) is 0 Å². The smallest absolute Gasteiger partial charge is 0.192 e. The molecule has 4 atom stereocenters. The predicted molar refractivity (Wildman–Crippen MR) is 201 cm³/mol. The molecule has 3 saturated heterocycles. The van der Waals surface area contributed by atoms with Gasteiger partial charge in [-0.15, -0.1) is 0 Å². The molecule has 2 N–H and O–H groups in total. The molecular weight excluding hydrogens is 649 g/mol. The van der Waals surface area contributed by atoms with Gasteiger partial charge in [0.1, 0.15) is 36.3 Å². The molecule has 2 unspecified atom stereocenters. The zero-order valence-corrected chi connectivity index (χ0v) is 33.2. The van der Waals surface area contributed by atoms with E-state index in [2.05, 4.69) is 60.8 Å². The summed E-state index contributed by atoms with van der Waals surface area (Å²) in [7, 11) is -2.20. The Labute approximate surface area is 302 Å². The van der Waals surface area contributed by atoms with Crippen LogP contribution < -0.4 is 5.73 Å². The van der Waals surface area contributed by atoms with Gasteiger partial charge in [0.05, 0.1) is 12.9 Å². The highest BCUT2D eigenvalue weighted by Gasteiger charge is 2.65. The molecule has 0 spiro atoms. The standard InChI is InChI=1S/C38H68N6O5Si/c1-7-8-9-10-11-12-13-14-15-16-17-18-19-20-23-44(30-21-24-45-25-22-30)47-27-38-26-46-32(33(38)49-50(5,6)37(2,3)4)36(48-38)43-29-42-31-34(39)40-28-41-35(31)43/h28-30,32-33,36H,7-27H2,1-6H3,(H2,39,40,41)/t32?,33?,36-,38-/m1/s1. The van der Waals surface area contributed by atoms with Gasteiger partial charge in [-0.2, -0.15) is 5.06 Å². The van der Waals surface area contributed by atoms with Crippen LogP contribution in [-0.4, -0.2) is 89.7 Å². The minimum atomic E-state index is -2.20. The van der Waals surface area contributed by atoms with E-state index in [1.807, 2.05) is 4.57 Å². The first-order valence-corrected chi connectivity index (χ1v) is 22.8. The SMILES string of the molecule is CCCCCCCCCCCCCCCCN(OC[C@]12COC(C1O[Si](C)(C)C(C)(C)C)[C@H](n1cnc3c(N)ncnc31)O2)C1CCOCC1. The minimum absolute atomic E-state index is 0.0258. The number of rotatable bonds is 22. The fourth-order valence-corrected chi connectivity index (χ4v) is 8.76. The maximum Gasteiger partial charge on any atom is 0.192 e. The Kier molecular flexibility index (Phi) is 14.5. The average molecular weight is 717 g/mol. The topological polar surface area (TPSA) is 119 Å². The van der Waals surface area contributed by atoms with Crippen LogP contribution in [0.4, 0.5) is 5.82 Å². The zero-order valence-electron chi connectivity index (χ0n) is 32.2. The number of nitrogens with zero attached hydrogens (tertiary/aromatic N) is 5. The van der Waals surface area contributed by atoms with Crippen LogP contribution >= 0.6 is 0 Å². The number of anilines is 1. The van der Waals surface area contributed by atoms with Crippen molar-refractivity contribution in [1.82, 2.24) is 24.6 Å². The Bertz CT molecular complexity index is 1300. The number of nitrogens with two attached hydrogens (primary N) is 1. The van der Waals surface area contributed by atoms with E-state index >= 15 is 0 Å². The third-order valence-corrected chi connectivity index (χ3v) is 16.1. The number of aromatic nitrogens is 4. The molecule has 3 aliphatic heterocycles. The van der Waals surface area contributed by atoms with Crippen LogP contribution in [-0.2, 0) is 23.5 Å². The minimum Gasteiger partial charge on any atom is -0.408 e. The van der Waals surface area contributed by atoms with Crippen LogP contribution in [0.1, 0.15) is 137 Å². The van der Waals surface area contributed by atoms with E-state index in [-0.39, 0.29) is 17.2 Å². The van der Waals surface area contributed by atoms with Gasteiger partial charge in [0.25, 0.3) is 0 Å². The van der Waals surface area contributed by atoms with Gasteiger partial charge in [0, 0.05) is 25.8 Å². The molecular formula is C38H68N6O5Si. The van der Waals surface area contributed by atoms with E-state index in [1.165, 1.54) is 89.8 Å². The largest absolute Gasteiger partial charge is 0.408 e. The summed E-state index contributed by atoms with van der Waals surface area (Å²) >= 11 is 0. The molecule has 11 nitrogen and oxygen atoms in total. The van der Waals surface area contributed by atoms with E-state index in [0.717, 1.165) is 39.0 Å². The fourth-order valence-electron chi connectivity index (χ4n) is 7.42. The summed E-state index contributed by atoms with van der Waals surface area (Å²) in [6.07, 6.45) is 23.0. The summed E-state index contributed by atoms with van der Waals surface area (Å²) < 4.78 is 28.3. The number of ether oxygens (including phenoxy) is 3. The van der Waals surface area contributed by atoms with Gasteiger partial charge in [-0.1, -0.05) is 111 Å². The predicted octanol–water partition coefficient (Wildman–Crippen LogP) is 8.36. The second-order valence-corrected chi connectivity index (χ2v) is 21.3. The molecule has 0 saturated carbocycles. The summed E-state index contributed by atoms with van der Waals surface area (Å²) in [6.45, 7) is 16.9. The molecule has 2 bridgehead atoms. The monoisotopic (exact) mass is 717 g/mol. The van der Waals surface area contributed by atoms with Gasteiger partial charge >= 0.3 is 0 Å². The second-order valence-electron chi connectivity index (χ2n) is 16.6. The van der Waals surface area contributed by atoms with Gasteiger partial charge in [0.2, 0.25) is 0 Å². The lowest BCUT2D eigenvalue weighted by molar-refractivity contribution is -0.260. The van der Waals surface area contributed by atoms with Crippen molar-refractivity contribution in [3.05, 3.63) is 12.7 Å². The molecule has 0 radical (unpaired) electrons. The van der Waals surface area contributed by atoms with Crippen LogP contribution in [0.2, 0.25) is 18.1 Å². The van der Waals surface area contributed by atoms with Crippen molar-refractivity contribution in [2.45, 2.75) is 179 Å². The Morgan fingerprint density at radius 2 is 1.54 bits per heavy atom. The number of hydrogen-bond acceptors (Lipinski definition) is 10. The van der Waals surface area contributed by atoms with Crippen molar-refractivity contribution in [3.63, 3.8) is 0 Å². The Balaban J connectivity index is 1.17. The maximum absolute atomic E-state index is 7.16. The molecule has 5 heterocycles. The zero-order chi connectivity index (χ0) is 35.6. The molecule has 0 aliphatic carbocycles. The number of fused-ring (bicyclic) bond motifs is 3. The highest BCUT2D eigenvalue weighted by atomic mass is 28.4. The third-order valence-electron chi connectivity index (χ3n) is 11.7. The van der Waals surface area contributed by atoms with Crippen molar-refractivity contribution in [2.24, 2.45) is 0 Å². The first-order valence-electron chi connectivity index (χ1n) is 19.9. The van der Waals surface area contributed by atoms with E-state index in [0.29, 0.717) is 36.2 Å². The molecule has 2 aromatic heterocycles. The molecule has 3 aliphatic rings. The molecule has 5 rings (SSSR count). The molecule has 0 amide bonds. The molecule has 0 aromatic carbocycles. The van der Waals surface area contributed by atoms with Crippen LogP contribution in [0.25, 0.3) is 11.2 Å². The first-order chi connectivity index (χ1) is 24.1. The van der Waals surface area contributed by atoms with Crippen LogP contribution in [0.3, 0.4) is 0 Å². The Morgan fingerprint density at radius 3 is 2.16 bits per heavy atom. The fraction of sp³-hybridized carbons (Fsp3) is 0.868. The Hall–Kier alpha value is -1.67. The average Bonchev–Trinajstić information content (AvgIpc) is 3.76. The van der Waals surface area contributed by atoms with E-state index < -0.39 is 20.1 Å². The normalized spacial score (nSPS) is 24.7. The van der Waals surface area contributed by atoms with Gasteiger partial charge in [-0.3, -0.25) is 9.40 Å². The van der Waals surface area contributed by atoms with Crippen LogP contribution in [0.15, 0.2) is 12.7 Å². The molecule has 12 heteroatoms. The first kappa shape index (κ1) is 39.5. The second kappa shape index (κ2) is 18.4. The van der Waals surface area contributed by atoms with Gasteiger partial charge in [-0.25, -0.2) is 15.0 Å². The summed E-state index contributed by atoms with van der Waals surface area (Å²) in [5, 5.41) is 2.27. The van der Waals surface area contributed by atoms with E-state index in [4.69, 9.17) is 29.2 Å². The molecule has 284 valence electrons. The highest BCUT2D eigenvalue weighted by molar-refractivity contribution is 6.74. The number of hydrogen-bond donors (Lipinski definition) is 1. The maximum atomic E-state index is 7.16. The molecule has 2 aromatic rings. The molecule has 50 heavy (non-hydrogen) atoms. The lowest BCUT2D eigenvalue weighted by atomic mass is 10.0. The van der Waals surface area contributed by atoms with E-state index in [1.54, 1.807) is 6.33 Å². The number of nitrogen functional groups attached to an aromatic ring is 1. The summed E-state index contributed by atoms with van der Waals surface area (Å²) in [5.74, 6) is 0.348. The van der Waals surface area contributed by atoms with Crippen molar-refractivity contribution in [1.29, 1.82) is 0 Å². The van der Waals surface area contributed by atoms with Crippen molar-refractivity contribution in [3.8, 4) is 0 Å². The van der Waals surface area contributed by atoms with Gasteiger partial charge in [0.15, 0.2) is 26.0 Å².